The summed E-state index contributed by atoms with van der Waals surface area (Å²) in [6.07, 6.45) is 3.85. The van der Waals surface area contributed by atoms with Gasteiger partial charge in [-0.05, 0) is 42.0 Å². The zero-order valence-electron chi connectivity index (χ0n) is 21.0. The third-order valence-corrected chi connectivity index (χ3v) is 7.00. The van der Waals surface area contributed by atoms with E-state index in [9.17, 15) is 0 Å². The monoisotopic (exact) mass is 491 g/mol. The van der Waals surface area contributed by atoms with Crippen LogP contribution in [-0.2, 0) is 0 Å². The van der Waals surface area contributed by atoms with Crippen molar-refractivity contribution >= 4 is 22.5 Å². The summed E-state index contributed by atoms with van der Waals surface area (Å²) in [4.78, 5) is 14.4. The second kappa shape index (κ2) is 9.85. The number of aromatic nitrogens is 3. The molecule has 6 rings (SSSR count). The lowest BCUT2D eigenvalue weighted by Gasteiger charge is -2.37. The molecule has 1 fully saturated rings. The highest BCUT2D eigenvalue weighted by molar-refractivity contribution is 6.02. The quantitative estimate of drug-likeness (QED) is 0.316. The predicted molar refractivity (Wildman–Crippen MR) is 148 cm³/mol. The molecule has 0 saturated carbocycles. The van der Waals surface area contributed by atoms with Crippen LogP contribution in [0.5, 0.6) is 11.5 Å². The Bertz CT molecular complexity index is 1510. The van der Waals surface area contributed by atoms with Gasteiger partial charge in [0.05, 0.1) is 19.6 Å². The number of ether oxygens (including phenoxy) is 2. The Morgan fingerprint density at radius 2 is 1.41 bits per heavy atom. The van der Waals surface area contributed by atoms with Gasteiger partial charge in [0.15, 0.2) is 5.65 Å². The number of hydrogen-bond acceptors (Lipinski definition) is 6. The van der Waals surface area contributed by atoms with E-state index in [4.69, 9.17) is 19.4 Å². The first-order chi connectivity index (χ1) is 18.2. The lowest BCUT2D eigenvalue weighted by Crippen LogP contribution is -2.46. The second-order valence-electron chi connectivity index (χ2n) is 9.05. The Hall–Kier alpha value is -4.52. The van der Waals surface area contributed by atoms with Crippen molar-refractivity contribution in [2.45, 2.75) is 0 Å². The molecule has 0 bridgehead atoms. The molecule has 3 heterocycles. The molecule has 0 radical (unpaired) electrons. The Morgan fingerprint density at radius 1 is 0.676 bits per heavy atom. The maximum Gasteiger partial charge on any atom is 0.150 e. The summed E-state index contributed by atoms with van der Waals surface area (Å²) in [6, 6.07) is 26.8. The van der Waals surface area contributed by atoms with Crippen LogP contribution in [0.1, 0.15) is 0 Å². The van der Waals surface area contributed by atoms with Gasteiger partial charge in [0.1, 0.15) is 23.6 Å². The number of piperazine rings is 1. The van der Waals surface area contributed by atoms with Gasteiger partial charge in [0.2, 0.25) is 0 Å². The molecule has 0 spiro atoms. The van der Waals surface area contributed by atoms with E-state index in [0.29, 0.717) is 0 Å². The molecule has 1 saturated heterocycles. The van der Waals surface area contributed by atoms with E-state index in [1.165, 1.54) is 5.69 Å². The molecule has 0 N–H and O–H groups in total. The molecule has 7 heteroatoms. The Morgan fingerprint density at radius 3 is 2.14 bits per heavy atom. The van der Waals surface area contributed by atoms with Crippen molar-refractivity contribution in [3.63, 3.8) is 0 Å². The molecule has 37 heavy (non-hydrogen) atoms. The van der Waals surface area contributed by atoms with Gasteiger partial charge in [-0.3, -0.25) is 0 Å². The minimum atomic E-state index is 0.827. The SMILES string of the molecule is COc1ccc(-n2cc(-c3ccccc3)c3c(N4CCN(c5cccc(OC)c5)CC4)ncnc32)cc1. The smallest absolute Gasteiger partial charge is 0.150 e. The molecule has 2 aromatic heterocycles. The van der Waals surface area contributed by atoms with Crippen LogP contribution in [0, 0.1) is 0 Å². The first kappa shape index (κ1) is 22.9. The summed E-state index contributed by atoms with van der Waals surface area (Å²) in [5, 5.41) is 1.07. The van der Waals surface area contributed by atoms with Crippen LogP contribution < -0.4 is 19.3 Å². The van der Waals surface area contributed by atoms with E-state index in [1.54, 1.807) is 20.5 Å². The van der Waals surface area contributed by atoms with Crippen molar-refractivity contribution in [2.24, 2.45) is 0 Å². The van der Waals surface area contributed by atoms with Crippen LogP contribution in [0.25, 0.3) is 27.8 Å². The molecular formula is C30H29N5O2. The fourth-order valence-electron chi connectivity index (χ4n) is 5.05. The van der Waals surface area contributed by atoms with Crippen molar-refractivity contribution in [3.8, 4) is 28.3 Å². The predicted octanol–water partition coefficient (Wildman–Crippen LogP) is 5.43. The van der Waals surface area contributed by atoms with E-state index < -0.39 is 0 Å². The van der Waals surface area contributed by atoms with Crippen LogP contribution in [0.2, 0.25) is 0 Å². The highest BCUT2D eigenvalue weighted by atomic mass is 16.5. The van der Waals surface area contributed by atoms with Crippen molar-refractivity contribution in [1.82, 2.24) is 14.5 Å². The van der Waals surface area contributed by atoms with E-state index >= 15 is 0 Å². The fourth-order valence-corrected chi connectivity index (χ4v) is 5.05. The number of nitrogens with zero attached hydrogens (tertiary/aromatic N) is 5. The van der Waals surface area contributed by atoms with E-state index in [-0.39, 0.29) is 0 Å². The highest BCUT2D eigenvalue weighted by Gasteiger charge is 2.24. The molecule has 186 valence electrons. The maximum atomic E-state index is 5.43. The van der Waals surface area contributed by atoms with Gasteiger partial charge in [-0.1, -0.05) is 36.4 Å². The zero-order chi connectivity index (χ0) is 25.2. The molecule has 7 nitrogen and oxygen atoms in total. The Labute approximate surface area is 216 Å². The third kappa shape index (κ3) is 4.33. The molecule has 0 aliphatic carbocycles. The van der Waals surface area contributed by atoms with Crippen molar-refractivity contribution in [2.75, 3.05) is 50.2 Å². The van der Waals surface area contributed by atoms with Crippen molar-refractivity contribution in [1.29, 1.82) is 0 Å². The first-order valence-corrected chi connectivity index (χ1v) is 12.4. The highest BCUT2D eigenvalue weighted by Crippen LogP contribution is 2.37. The summed E-state index contributed by atoms with van der Waals surface area (Å²) < 4.78 is 12.9. The van der Waals surface area contributed by atoms with Crippen LogP contribution in [-0.4, -0.2) is 54.9 Å². The fraction of sp³-hybridized carbons (Fsp3) is 0.200. The van der Waals surface area contributed by atoms with E-state index in [0.717, 1.165) is 71.3 Å². The minimum Gasteiger partial charge on any atom is -0.497 e. The number of hydrogen-bond donors (Lipinski definition) is 0. The summed E-state index contributed by atoms with van der Waals surface area (Å²) in [5.74, 6) is 2.68. The van der Waals surface area contributed by atoms with Gasteiger partial charge in [0.25, 0.3) is 0 Å². The molecular weight excluding hydrogens is 462 g/mol. The molecule has 0 amide bonds. The summed E-state index contributed by atoms with van der Waals surface area (Å²) in [7, 11) is 3.39. The van der Waals surface area contributed by atoms with Gasteiger partial charge >= 0.3 is 0 Å². The van der Waals surface area contributed by atoms with E-state index in [2.05, 4.69) is 69.1 Å². The lowest BCUT2D eigenvalue weighted by molar-refractivity contribution is 0.414. The van der Waals surface area contributed by atoms with Crippen LogP contribution >= 0.6 is 0 Å². The Kier molecular flexibility index (Phi) is 6.10. The van der Waals surface area contributed by atoms with E-state index in [1.807, 2.05) is 30.3 Å². The van der Waals surface area contributed by atoms with Gasteiger partial charge in [-0.25, -0.2) is 9.97 Å². The van der Waals surface area contributed by atoms with Crippen molar-refractivity contribution < 1.29 is 9.47 Å². The summed E-state index contributed by atoms with van der Waals surface area (Å²) >= 11 is 0. The number of benzene rings is 3. The van der Waals surface area contributed by atoms with Gasteiger partial charge in [-0.15, -0.1) is 0 Å². The number of rotatable bonds is 6. The zero-order valence-corrected chi connectivity index (χ0v) is 21.0. The number of methoxy groups -OCH3 is 2. The average molecular weight is 492 g/mol. The van der Waals surface area contributed by atoms with Crippen LogP contribution in [0.15, 0.2) is 91.4 Å². The van der Waals surface area contributed by atoms with Gasteiger partial charge in [-0.2, -0.15) is 0 Å². The summed E-state index contributed by atoms with van der Waals surface area (Å²) in [6.45, 7) is 3.54. The molecule has 1 aliphatic heterocycles. The summed E-state index contributed by atoms with van der Waals surface area (Å²) in [5.41, 5.74) is 5.37. The van der Waals surface area contributed by atoms with Gasteiger partial charge in [0, 0.05) is 55.4 Å². The van der Waals surface area contributed by atoms with Crippen molar-refractivity contribution in [3.05, 3.63) is 91.4 Å². The largest absolute Gasteiger partial charge is 0.497 e. The minimum absolute atomic E-state index is 0.827. The topological polar surface area (TPSA) is 55.7 Å². The standard InChI is InChI=1S/C30H29N5O2/c1-36-25-13-11-23(12-14-25)35-20-27(22-7-4-3-5-8-22)28-29(31-21-32-30(28)35)34-17-15-33(16-18-34)24-9-6-10-26(19-24)37-2/h3-14,19-21H,15-18H2,1-2H3. The molecule has 0 atom stereocenters. The maximum absolute atomic E-state index is 5.43. The molecule has 3 aromatic carbocycles. The van der Waals surface area contributed by atoms with Gasteiger partial charge < -0.3 is 23.8 Å². The Balaban J connectivity index is 1.39. The third-order valence-electron chi connectivity index (χ3n) is 7.00. The van der Waals surface area contributed by atoms with Crippen LogP contribution in [0.4, 0.5) is 11.5 Å². The molecule has 1 aliphatic rings. The number of fused-ring (bicyclic) bond motifs is 1. The first-order valence-electron chi connectivity index (χ1n) is 12.4. The number of anilines is 2. The lowest BCUT2D eigenvalue weighted by atomic mass is 10.1. The average Bonchev–Trinajstić information content (AvgIpc) is 3.38. The molecule has 5 aromatic rings. The van der Waals surface area contributed by atoms with Crippen LogP contribution in [0.3, 0.4) is 0 Å². The normalized spacial score (nSPS) is 13.7. The molecule has 0 unspecified atom stereocenters. The second-order valence-corrected chi connectivity index (χ2v) is 9.05.